The summed E-state index contributed by atoms with van der Waals surface area (Å²) in [4.78, 5) is 16.4. The highest BCUT2D eigenvalue weighted by atomic mass is 16.7. The second-order valence-electron chi connectivity index (χ2n) is 7.47. The predicted octanol–water partition coefficient (Wildman–Crippen LogP) is 3.53. The van der Waals surface area contributed by atoms with Crippen LogP contribution in [-0.2, 0) is 17.6 Å². The molecule has 0 spiro atoms. The molecule has 2 aliphatic rings. The average molecular weight is 402 g/mol. The van der Waals surface area contributed by atoms with Crippen LogP contribution in [0.15, 0.2) is 60.9 Å². The Morgan fingerprint density at radius 2 is 1.93 bits per heavy atom. The molecule has 6 heteroatoms. The van der Waals surface area contributed by atoms with Crippen LogP contribution >= 0.6 is 0 Å². The van der Waals surface area contributed by atoms with Gasteiger partial charge < -0.3 is 19.5 Å². The van der Waals surface area contributed by atoms with Gasteiger partial charge in [0.15, 0.2) is 11.5 Å². The van der Waals surface area contributed by atoms with Crippen molar-refractivity contribution in [3.63, 3.8) is 0 Å². The largest absolute Gasteiger partial charge is 0.487 e. The van der Waals surface area contributed by atoms with Gasteiger partial charge in [0.25, 0.3) is 0 Å². The molecule has 0 saturated heterocycles. The molecular weight excluding hydrogens is 380 g/mol. The third-order valence-electron chi connectivity index (χ3n) is 5.42. The number of aromatic nitrogens is 1. The van der Waals surface area contributed by atoms with Gasteiger partial charge >= 0.3 is 0 Å². The van der Waals surface area contributed by atoms with E-state index in [1.807, 2.05) is 36.4 Å². The highest BCUT2D eigenvalue weighted by Gasteiger charge is 2.26. The monoisotopic (exact) mass is 402 g/mol. The Labute approximate surface area is 174 Å². The Morgan fingerprint density at radius 1 is 1.07 bits per heavy atom. The lowest BCUT2D eigenvalue weighted by Gasteiger charge is -2.13. The molecule has 1 amide bonds. The van der Waals surface area contributed by atoms with E-state index in [-0.39, 0.29) is 18.8 Å². The highest BCUT2D eigenvalue weighted by molar-refractivity contribution is 5.76. The molecule has 0 radical (unpaired) electrons. The van der Waals surface area contributed by atoms with Gasteiger partial charge in [0.1, 0.15) is 11.9 Å². The standard InChI is InChI=1S/C24H22N2O4/c27-23(7-5-16-4-6-21-22(12-16)29-15-28-21)26-14-19-13-18-2-1-3-20(24(18)30-19)17-8-10-25-11-9-17/h1-4,6,8-12,19H,5,7,13-15H2,(H,26,27)/t19-/m1/s1. The van der Waals surface area contributed by atoms with Crippen LogP contribution in [0.5, 0.6) is 17.2 Å². The summed E-state index contributed by atoms with van der Waals surface area (Å²) in [5, 5.41) is 3.01. The summed E-state index contributed by atoms with van der Waals surface area (Å²) in [5.41, 5.74) is 4.37. The molecule has 152 valence electrons. The van der Waals surface area contributed by atoms with E-state index in [1.54, 1.807) is 12.4 Å². The fraction of sp³-hybridized carbons (Fsp3) is 0.250. The van der Waals surface area contributed by atoms with Crippen molar-refractivity contribution in [2.45, 2.75) is 25.4 Å². The lowest BCUT2D eigenvalue weighted by Crippen LogP contribution is -2.34. The van der Waals surface area contributed by atoms with E-state index in [0.29, 0.717) is 19.4 Å². The number of ether oxygens (including phenoxy) is 3. The van der Waals surface area contributed by atoms with Crippen molar-refractivity contribution in [3.8, 4) is 28.4 Å². The highest BCUT2D eigenvalue weighted by Crippen LogP contribution is 2.38. The zero-order chi connectivity index (χ0) is 20.3. The van der Waals surface area contributed by atoms with E-state index >= 15 is 0 Å². The molecule has 2 aromatic carbocycles. The fourth-order valence-corrected chi connectivity index (χ4v) is 3.88. The van der Waals surface area contributed by atoms with Crippen molar-refractivity contribution in [3.05, 3.63) is 72.1 Å². The van der Waals surface area contributed by atoms with Crippen molar-refractivity contribution in [1.29, 1.82) is 0 Å². The second-order valence-corrected chi connectivity index (χ2v) is 7.47. The van der Waals surface area contributed by atoms with Crippen LogP contribution in [0.3, 0.4) is 0 Å². The molecule has 6 nitrogen and oxygen atoms in total. The first kappa shape index (κ1) is 18.5. The van der Waals surface area contributed by atoms with Crippen molar-refractivity contribution >= 4 is 5.91 Å². The van der Waals surface area contributed by atoms with E-state index in [1.165, 1.54) is 5.56 Å². The molecule has 0 unspecified atom stereocenters. The van der Waals surface area contributed by atoms with Gasteiger partial charge in [0.2, 0.25) is 12.7 Å². The normalized spacial score (nSPS) is 16.1. The molecule has 3 heterocycles. The summed E-state index contributed by atoms with van der Waals surface area (Å²) >= 11 is 0. The minimum atomic E-state index is -0.0579. The van der Waals surface area contributed by atoms with Crippen molar-refractivity contribution < 1.29 is 19.0 Å². The summed E-state index contributed by atoms with van der Waals surface area (Å²) in [6.45, 7) is 0.746. The van der Waals surface area contributed by atoms with Gasteiger partial charge in [0.05, 0.1) is 6.54 Å². The van der Waals surface area contributed by atoms with Crippen LogP contribution < -0.4 is 19.5 Å². The van der Waals surface area contributed by atoms with Crippen LogP contribution in [-0.4, -0.2) is 30.3 Å². The summed E-state index contributed by atoms with van der Waals surface area (Å²) in [6, 6.07) is 15.9. The summed E-state index contributed by atoms with van der Waals surface area (Å²) in [7, 11) is 0. The number of fused-ring (bicyclic) bond motifs is 2. The number of aryl methyl sites for hydroxylation is 1. The van der Waals surface area contributed by atoms with Gasteiger partial charge in [-0.05, 0) is 47.4 Å². The van der Waals surface area contributed by atoms with E-state index in [4.69, 9.17) is 14.2 Å². The zero-order valence-electron chi connectivity index (χ0n) is 16.5. The number of amides is 1. The maximum Gasteiger partial charge on any atom is 0.231 e. The molecule has 1 N–H and O–H groups in total. The molecule has 0 fully saturated rings. The summed E-state index contributed by atoms with van der Waals surface area (Å²) in [5.74, 6) is 2.42. The first-order chi connectivity index (χ1) is 14.8. The first-order valence-electron chi connectivity index (χ1n) is 10.1. The number of pyridine rings is 1. The number of rotatable bonds is 6. The Bertz CT molecular complexity index is 1070. The molecule has 1 aromatic heterocycles. The number of nitrogens with one attached hydrogen (secondary N) is 1. The topological polar surface area (TPSA) is 69.7 Å². The number of carbonyl (C=O) groups excluding carboxylic acids is 1. The molecule has 2 aliphatic heterocycles. The van der Waals surface area contributed by atoms with Crippen molar-refractivity contribution in [2.75, 3.05) is 13.3 Å². The molecule has 0 saturated carbocycles. The number of para-hydroxylation sites is 1. The van der Waals surface area contributed by atoms with Crippen LogP contribution in [0, 0.1) is 0 Å². The van der Waals surface area contributed by atoms with Gasteiger partial charge in [-0.1, -0.05) is 24.3 Å². The molecule has 1 atom stereocenters. The van der Waals surface area contributed by atoms with Crippen LogP contribution in [0.4, 0.5) is 0 Å². The molecule has 0 bridgehead atoms. The Kier molecular flexibility index (Phi) is 4.97. The molecular formula is C24H22N2O4. The third kappa shape index (κ3) is 3.81. The van der Waals surface area contributed by atoms with Crippen LogP contribution in [0.25, 0.3) is 11.1 Å². The maximum absolute atomic E-state index is 12.3. The van der Waals surface area contributed by atoms with Crippen molar-refractivity contribution in [2.24, 2.45) is 0 Å². The van der Waals surface area contributed by atoms with Gasteiger partial charge in [-0.2, -0.15) is 0 Å². The lowest BCUT2D eigenvalue weighted by molar-refractivity contribution is -0.121. The number of hydrogen-bond donors (Lipinski definition) is 1. The maximum atomic E-state index is 12.3. The number of carbonyl (C=O) groups is 1. The minimum Gasteiger partial charge on any atom is -0.487 e. The minimum absolute atomic E-state index is 0.0154. The Hall–Kier alpha value is -3.54. The molecule has 30 heavy (non-hydrogen) atoms. The Balaban J connectivity index is 1.15. The smallest absolute Gasteiger partial charge is 0.231 e. The fourth-order valence-electron chi connectivity index (χ4n) is 3.88. The van der Waals surface area contributed by atoms with Gasteiger partial charge in [-0.15, -0.1) is 0 Å². The summed E-state index contributed by atoms with van der Waals surface area (Å²) in [6.07, 6.45) is 5.36. The van der Waals surface area contributed by atoms with Crippen molar-refractivity contribution in [1.82, 2.24) is 10.3 Å². The van der Waals surface area contributed by atoms with Crippen LogP contribution in [0.1, 0.15) is 17.5 Å². The van der Waals surface area contributed by atoms with E-state index in [9.17, 15) is 4.79 Å². The molecule has 3 aromatic rings. The molecule has 5 rings (SSSR count). The van der Waals surface area contributed by atoms with Crippen LogP contribution in [0.2, 0.25) is 0 Å². The van der Waals surface area contributed by atoms with Gasteiger partial charge in [0, 0.05) is 30.8 Å². The first-order valence-corrected chi connectivity index (χ1v) is 10.1. The molecule has 0 aliphatic carbocycles. The second kappa shape index (κ2) is 8.06. The number of benzene rings is 2. The van der Waals surface area contributed by atoms with E-state index in [2.05, 4.69) is 22.4 Å². The average Bonchev–Trinajstić information content (AvgIpc) is 3.42. The number of hydrogen-bond acceptors (Lipinski definition) is 5. The lowest BCUT2D eigenvalue weighted by atomic mass is 10.0. The summed E-state index contributed by atoms with van der Waals surface area (Å²) < 4.78 is 16.9. The number of nitrogens with zero attached hydrogens (tertiary/aromatic N) is 1. The SMILES string of the molecule is O=C(CCc1ccc2c(c1)OCO2)NC[C@H]1Cc2cccc(-c3ccncc3)c2O1. The quantitative estimate of drug-likeness (QED) is 0.683. The third-order valence-corrected chi connectivity index (χ3v) is 5.42. The zero-order valence-corrected chi connectivity index (χ0v) is 16.5. The van der Waals surface area contributed by atoms with Gasteiger partial charge in [-0.25, -0.2) is 0 Å². The van der Waals surface area contributed by atoms with E-state index in [0.717, 1.165) is 40.4 Å². The van der Waals surface area contributed by atoms with Gasteiger partial charge in [-0.3, -0.25) is 9.78 Å². The van der Waals surface area contributed by atoms with E-state index < -0.39 is 0 Å². The Morgan fingerprint density at radius 3 is 2.83 bits per heavy atom. The predicted molar refractivity (Wildman–Crippen MR) is 112 cm³/mol.